The molecule has 5 rings (SSSR count). The number of anilines is 1. The van der Waals surface area contributed by atoms with Gasteiger partial charge < -0.3 is 19.2 Å². The van der Waals surface area contributed by atoms with E-state index in [4.69, 9.17) is 13.9 Å². The number of rotatable bonds is 6. The highest BCUT2D eigenvalue weighted by molar-refractivity contribution is 7.91. The van der Waals surface area contributed by atoms with E-state index in [0.717, 1.165) is 11.1 Å². The summed E-state index contributed by atoms with van der Waals surface area (Å²) in [6.07, 6.45) is 0. The first-order chi connectivity index (χ1) is 16.4. The molecule has 7 nitrogen and oxygen atoms in total. The van der Waals surface area contributed by atoms with Crippen LogP contribution in [0.4, 0.5) is 10.3 Å². The van der Waals surface area contributed by atoms with E-state index >= 15 is 0 Å². The topological polar surface area (TPSA) is 90.7 Å². The van der Waals surface area contributed by atoms with E-state index in [2.05, 4.69) is 10.3 Å². The zero-order valence-electron chi connectivity index (χ0n) is 18.2. The fraction of sp³-hybridized carbons (Fsp3) is 0.160. The summed E-state index contributed by atoms with van der Waals surface area (Å²) >= 11 is 0. The number of fused-ring (bicyclic) bond motifs is 1. The number of aryl methyl sites for hydroxylation is 1. The predicted octanol–water partition coefficient (Wildman–Crippen LogP) is 5.01. The number of hydrogen-bond acceptors (Lipinski definition) is 7. The van der Waals surface area contributed by atoms with Crippen LogP contribution in [0.15, 0.2) is 81.1 Å². The van der Waals surface area contributed by atoms with Gasteiger partial charge in [-0.2, -0.15) is 4.98 Å². The summed E-state index contributed by atoms with van der Waals surface area (Å²) < 4.78 is 57.4. The van der Waals surface area contributed by atoms with Gasteiger partial charge in [-0.15, -0.1) is 0 Å². The molecule has 0 saturated heterocycles. The molecule has 0 amide bonds. The van der Waals surface area contributed by atoms with Crippen molar-refractivity contribution in [2.75, 3.05) is 18.5 Å². The Morgan fingerprint density at radius 3 is 2.50 bits per heavy atom. The minimum atomic E-state index is -4.07. The quantitative estimate of drug-likeness (QED) is 0.415. The molecule has 0 fully saturated rings. The lowest BCUT2D eigenvalue weighted by Crippen LogP contribution is -2.16. The smallest absolute Gasteiger partial charge is 0.234 e. The molecular weight excluding hydrogens is 459 g/mol. The Balaban J connectivity index is 1.55. The number of halogens is 1. The number of sulfone groups is 1. The van der Waals surface area contributed by atoms with E-state index in [1.54, 1.807) is 24.3 Å². The first-order valence-corrected chi connectivity index (χ1v) is 12.1. The number of nitrogens with zero attached hydrogens (tertiary/aromatic N) is 1. The van der Waals surface area contributed by atoms with Crippen molar-refractivity contribution in [3.8, 4) is 23.0 Å². The molecule has 0 atom stereocenters. The van der Waals surface area contributed by atoms with Crippen LogP contribution in [0, 0.1) is 12.7 Å². The minimum Gasteiger partial charge on any atom is -0.486 e. The van der Waals surface area contributed by atoms with Gasteiger partial charge >= 0.3 is 0 Å². The number of hydrogen-bond donors (Lipinski definition) is 1. The highest BCUT2D eigenvalue weighted by Gasteiger charge is 2.30. The molecular formula is C25H21FN2O5S. The molecule has 9 heteroatoms. The van der Waals surface area contributed by atoms with Crippen LogP contribution in [0.1, 0.15) is 11.1 Å². The van der Waals surface area contributed by atoms with E-state index in [1.807, 2.05) is 25.1 Å². The number of oxazole rings is 1. The molecule has 0 bridgehead atoms. The number of aromatic nitrogens is 1. The van der Waals surface area contributed by atoms with Crippen LogP contribution in [0.3, 0.4) is 0 Å². The molecule has 2 heterocycles. The maximum Gasteiger partial charge on any atom is 0.234 e. The van der Waals surface area contributed by atoms with Gasteiger partial charge in [0.15, 0.2) is 11.5 Å². The van der Waals surface area contributed by atoms with E-state index in [-0.39, 0.29) is 34.1 Å². The summed E-state index contributed by atoms with van der Waals surface area (Å²) in [5.74, 6) is 0.653. The molecule has 0 unspecified atom stereocenters. The SMILES string of the molecule is Cc1cccc(-c2nc(S(=O)(=O)c3ccc4c(c3)OCCO4)c(NCc3ccc(F)cc3)o2)c1. The third-order valence-electron chi connectivity index (χ3n) is 5.31. The lowest BCUT2D eigenvalue weighted by Gasteiger charge is -2.18. The second-order valence-electron chi connectivity index (χ2n) is 7.81. The van der Waals surface area contributed by atoms with Gasteiger partial charge in [-0.05, 0) is 48.9 Å². The maximum atomic E-state index is 13.6. The lowest BCUT2D eigenvalue weighted by molar-refractivity contribution is 0.171. The third kappa shape index (κ3) is 4.34. The standard InChI is InChI=1S/C25H21FN2O5S/c1-16-3-2-4-18(13-16)23-28-25(24(33-23)27-15-17-5-7-19(26)8-6-17)34(29,30)20-9-10-21-22(14-20)32-12-11-31-21/h2-10,13-14,27H,11-12,15H2,1H3. The highest BCUT2D eigenvalue weighted by atomic mass is 32.2. The van der Waals surface area contributed by atoms with Gasteiger partial charge in [0.2, 0.25) is 26.6 Å². The van der Waals surface area contributed by atoms with E-state index in [1.165, 1.54) is 24.3 Å². The van der Waals surface area contributed by atoms with Crippen LogP contribution < -0.4 is 14.8 Å². The van der Waals surface area contributed by atoms with Crippen LogP contribution in [-0.2, 0) is 16.4 Å². The van der Waals surface area contributed by atoms with Crippen molar-refractivity contribution in [1.82, 2.24) is 4.98 Å². The van der Waals surface area contributed by atoms with Crippen LogP contribution in [-0.4, -0.2) is 26.6 Å². The Morgan fingerprint density at radius 2 is 1.74 bits per heavy atom. The first-order valence-electron chi connectivity index (χ1n) is 10.6. The fourth-order valence-corrected chi connectivity index (χ4v) is 4.88. The van der Waals surface area contributed by atoms with Crippen molar-refractivity contribution < 1.29 is 26.7 Å². The van der Waals surface area contributed by atoms with Gasteiger partial charge in [0.05, 0.1) is 4.90 Å². The summed E-state index contributed by atoms with van der Waals surface area (Å²) in [5.41, 5.74) is 2.37. The largest absolute Gasteiger partial charge is 0.486 e. The zero-order valence-corrected chi connectivity index (χ0v) is 19.1. The first kappa shape index (κ1) is 22.0. The molecule has 0 radical (unpaired) electrons. The molecule has 0 saturated carbocycles. The van der Waals surface area contributed by atoms with E-state index in [9.17, 15) is 12.8 Å². The van der Waals surface area contributed by atoms with E-state index < -0.39 is 9.84 Å². The van der Waals surface area contributed by atoms with Crippen molar-refractivity contribution in [1.29, 1.82) is 0 Å². The monoisotopic (exact) mass is 480 g/mol. The van der Waals surface area contributed by atoms with Crippen molar-refractivity contribution in [3.05, 3.63) is 83.7 Å². The highest BCUT2D eigenvalue weighted by Crippen LogP contribution is 2.37. The van der Waals surface area contributed by atoms with Crippen LogP contribution in [0.5, 0.6) is 11.5 Å². The molecule has 174 valence electrons. The molecule has 4 aromatic rings. The summed E-state index contributed by atoms with van der Waals surface area (Å²) in [5, 5.41) is 2.76. The Bertz CT molecular complexity index is 1450. The molecule has 1 aliphatic rings. The predicted molar refractivity (Wildman–Crippen MR) is 123 cm³/mol. The van der Waals surface area contributed by atoms with Crippen molar-refractivity contribution in [2.24, 2.45) is 0 Å². The van der Waals surface area contributed by atoms with Gasteiger partial charge in [0.25, 0.3) is 0 Å². The Labute approximate surface area is 196 Å². The summed E-state index contributed by atoms with van der Waals surface area (Å²) in [4.78, 5) is 4.36. The van der Waals surface area contributed by atoms with Gasteiger partial charge in [0, 0.05) is 18.2 Å². The van der Waals surface area contributed by atoms with E-state index in [0.29, 0.717) is 30.3 Å². The fourth-order valence-electron chi connectivity index (χ4n) is 3.59. The Kier molecular flexibility index (Phi) is 5.70. The molecule has 1 N–H and O–H groups in total. The Hall–Kier alpha value is -3.85. The number of ether oxygens (including phenoxy) is 2. The van der Waals surface area contributed by atoms with Crippen LogP contribution in [0.25, 0.3) is 11.5 Å². The third-order valence-corrected chi connectivity index (χ3v) is 6.97. The normalized spacial score (nSPS) is 13.0. The molecule has 34 heavy (non-hydrogen) atoms. The van der Waals surface area contributed by atoms with Crippen LogP contribution in [0.2, 0.25) is 0 Å². The Morgan fingerprint density at radius 1 is 0.971 bits per heavy atom. The summed E-state index contributed by atoms with van der Waals surface area (Å²) in [6.45, 7) is 2.88. The zero-order chi connectivity index (χ0) is 23.7. The summed E-state index contributed by atoms with van der Waals surface area (Å²) in [6, 6.07) is 17.7. The summed E-state index contributed by atoms with van der Waals surface area (Å²) in [7, 11) is -4.07. The average Bonchev–Trinajstić information content (AvgIpc) is 3.29. The van der Waals surface area contributed by atoms with Gasteiger partial charge in [0.1, 0.15) is 19.0 Å². The van der Waals surface area contributed by atoms with Gasteiger partial charge in [-0.25, -0.2) is 12.8 Å². The maximum absolute atomic E-state index is 13.6. The second kappa shape index (κ2) is 8.83. The molecule has 0 aliphatic carbocycles. The number of benzene rings is 3. The van der Waals surface area contributed by atoms with Crippen molar-refractivity contribution in [2.45, 2.75) is 23.4 Å². The van der Waals surface area contributed by atoms with Crippen LogP contribution >= 0.6 is 0 Å². The minimum absolute atomic E-state index is 0.00396. The molecule has 1 aliphatic heterocycles. The number of nitrogens with one attached hydrogen (secondary N) is 1. The average molecular weight is 481 g/mol. The van der Waals surface area contributed by atoms with Gasteiger partial charge in [-0.3, -0.25) is 0 Å². The second-order valence-corrected chi connectivity index (χ2v) is 9.68. The molecule has 1 aromatic heterocycles. The molecule has 0 spiro atoms. The lowest BCUT2D eigenvalue weighted by atomic mass is 10.1. The van der Waals surface area contributed by atoms with Gasteiger partial charge in [-0.1, -0.05) is 29.8 Å². The van der Waals surface area contributed by atoms with Crippen molar-refractivity contribution >= 4 is 15.7 Å². The van der Waals surface area contributed by atoms with Crippen molar-refractivity contribution in [3.63, 3.8) is 0 Å². The molecule has 3 aromatic carbocycles.